The van der Waals surface area contributed by atoms with Crippen LogP contribution in [-0.2, 0) is 4.79 Å². The Bertz CT molecular complexity index is 787. The Hall–Kier alpha value is -2.29. The second-order valence-electron chi connectivity index (χ2n) is 6.63. The molecular formula is C18H25N5O3S. The zero-order valence-electron chi connectivity index (χ0n) is 16.1. The Morgan fingerprint density at radius 1 is 1.19 bits per heavy atom. The van der Waals surface area contributed by atoms with E-state index in [2.05, 4.69) is 29.4 Å². The van der Waals surface area contributed by atoms with E-state index in [1.54, 1.807) is 31.0 Å². The molecule has 0 bridgehead atoms. The van der Waals surface area contributed by atoms with E-state index >= 15 is 0 Å². The Balaban J connectivity index is 1.73. The lowest BCUT2D eigenvalue weighted by Crippen LogP contribution is -2.48. The molecule has 2 aromatic rings. The number of methoxy groups -OCH3 is 2. The maximum absolute atomic E-state index is 12.7. The second kappa shape index (κ2) is 8.60. The number of amides is 1. The second-order valence-corrected chi connectivity index (χ2v) is 7.57. The third kappa shape index (κ3) is 4.18. The summed E-state index contributed by atoms with van der Waals surface area (Å²) in [6, 6.07) is 6.01. The lowest BCUT2D eigenvalue weighted by molar-refractivity contribution is -0.134. The van der Waals surface area contributed by atoms with E-state index in [9.17, 15) is 4.79 Å². The van der Waals surface area contributed by atoms with Crippen molar-refractivity contribution in [3.8, 4) is 17.2 Å². The molecule has 1 fully saturated rings. The molecule has 1 aromatic heterocycles. The molecule has 1 saturated heterocycles. The molecule has 0 radical (unpaired) electrons. The SMILES string of the molecule is COc1ccc(-n2nnnc2SCC(=O)N2C(C)CCCC2C)cc1OC. The molecule has 1 aliphatic rings. The van der Waals surface area contributed by atoms with Crippen LogP contribution in [0.2, 0.25) is 0 Å². The van der Waals surface area contributed by atoms with E-state index in [4.69, 9.17) is 9.47 Å². The van der Waals surface area contributed by atoms with Gasteiger partial charge in [0.2, 0.25) is 11.1 Å². The number of nitrogens with zero attached hydrogens (tertiary/aromatic N) is 5. The van der Waals surface area contributed by atoms with Crippen LogP contribution in [0.15, 0.2) is 23.4 Å². The van der Waals surface area contributed by atoms with E-state index in [1.807, 2.05) is 11.0 Å². The van der Waals surface area contributed by atoms with Crippen LogP contribution in [0.25, 0.3) is 5.69 Å². The van der Waals surface area contributed by atoms with Crippen LogP contribution in [0.3, 0.4) is 0 Å². The maximum Gasteiger partial charge on any atom is 0.233 e. The number of thioether (sulfide) groups is 1. The summed E-state index contributed by atoms with van der Waals surface area (Å²) in [4.78, 5) is 14.7. The van der Waals surface area contributed by atoms with Gasteiger partial charge >= 0.3 is 0 Å². The van der Waals surface area contributed by atoms with Crippen LogP contribution >= 0.6 is 11.8 Å². The van der Waals surface area contributed by atoms with Gasteiger partial charge in [-0.2, -0.15) is 4.68 Å². The van der Waals surface area contributed by atoms with Crippen molar-refractivity contribution in [3.05, 3.63) is 18.2 Å². The molecule has 8 nitrogen and oxygen atoms in total. The van der Waals surface area contributed by atoms with Gasteiger partial charge in [-0.15, -0.1) is 5.10 Å². The highest BCUT2D eigenvalue weighted by Crippen LogP contribution is 2.30. The Morgan fingerprint density at radius 3 is 2.56 bits per heavy atom. The van der Waals surface area contributed by atoms with Gasteiger partial charge in [-0.3, -0.25) is 4.79 Å². The third-order valence-corrected chi connectivity index (χ3v) is 5.76. The summed E-state index contributed by atoms with van der Waals surface area (Å²) in [6.45, 7) is 4.23. The van der Waals surface area contributed by atoms with Crippen molar-refractivity contribution in [1.29, 1.82) is 0 Å². The number of likely N-dealkylation sites (tertiary alicyclic amines) is 1. The van der Waals surface area contributed by atoms with E-state index in [0.717, 1.165) is 18.5 Å². The largest absolute Gasteiger partial charge is 0.493 e. The van der Waals surface area contributed by atoms with E-state index < -0.39 is 0 Å². The fourth-order valence-corrected chi connectivity index (χ4v) is 4.26. The first kappa shape index (κ1) is 19.5. The minimum Gasteiger partial charge on any atom is -0.493 e. The molecule has 0 saturated carbocycles. The number of ether oxygens (including phenoxy) is 2. The van der Waals surface area contributed by atoms with Crippen molar-refractivity contribution in [2.75, 3.05) is 20.0 Å². The lowest BCUT2D eigenvalue weighted by atomic mass is 9.98. The average molecular weight is 391 g/mol. The molecular weight excluding hydrogens is 366 g/mol. The average Bonchev–Trinajstić information content (AvgIpc) is 3.14. The van der Waals surface area contributed by atoms with E-state index in [0.29, 0.717) is 22.4 Å². The minimum atomic E-state index is 0.126. The number of tetrazole rings is 1. The van der Waals surface area contributed by atoms with Crippen molar-refractivity contribution in [3.63, 3.8) is 0 Å². The molecule has 2 heterocycles. The van der Waals surface area contributed by atoms with Gasteiger partial charge in [0.1, 0.15) is 0 Å². The normalized spacial score (nSPS) is 19.8. The van der Waals surface area contributed by atoms with Gasteiger partial charge in [-0.1, -0.05) is 11.8 Å². The highest BCUT2D eigenvalue weighted by Gasteiger charge is 2.29. The highest BCUT2D eigenvalue weighted by atomic mass is 32.2. The number of carbonyl (C=O) groups is 1. The van der Waals surface area contributed by atoms with Crippen molar-refractivity contribution in [1.82, 2.24) is 25.1 Å². The maximum atomic E-state index is 12.7. The summed E-state index contributed by atoms with van der Waals surface area (Å²) in [7, 11) is 3.17. The molecule has 0 aliphatic carbocycles. The predicted molar refractivity (Wildman–Crippen MR) is 103 cm³/mol. The molecule has 146 valence electrons. The first-order valence-corrected chi connectivity index (χ1v) is 9.98. The lowest BCUT2D eigenvalue weighted by Gasteiger charge is -2.39. The molecule has 0 spiro atoms. The molecule has 3 rings (SSSR count). The van der Waals surface area contributed by atoms with Crippen LogP contribution in [0.1, 0.15) is 33.1 Å². The predicted octanol–water partition coefficient (Wildman–Crippen LogP) is 2.56. The van der Waals surface area contributed by atoms with Gasteiger partial charge in [-0.05, 0) is 55.7 Å². The first-order valence-electron chi connectivity index (χ1n) is 9.00. The summed E-state index contributed by atoms with van der Waals surface area (Å²) in [5.74, 6) is 1.66. The topological polar surface area (TPSA) is 82.4 Å². The summed E-state index contributed by atoms with van der Waals surface area (Å²) in [6.07, 6.45) is 3.30. The van der Waals surface area contributed by atoms with Gasteiger partial charge in [0.05, 0.1) is 25.7 Å². The quantitative estimate of drug-likeness (QED) is 0.700. The summed E-state index contributed by atoms with van der Waals surface area (Å²) >= 11 is 1.34. The Kier molecular flexibility index (Phi) is 6.20. The minimum absolute atomic E-state index is 0.126. The number of rotatable bonds is 6. The van der Waals surface area contributed by atoms with Gasteiger partial charge < -0.3 is 14.4 Å². The van der Waals surface area contributed by atoms with Gasteiger partial charge in [-0.25, -0.2) is 0 Å². The van der Waals surface area contributed by atoms with Gasteiger partial charge in [0.25, 0.3) is 0 Å². The molecule has 1 aliphatic heterocycles. The molecule has 1 aromatic carbocycles. The number of benzene rings is 1. The monoisotopic (exact) mass is 391 g/mol. The summed E-state index contributed by atoms with van der Waals surface area (Å²) in [5, 5.41) is 12.4. The molecule has 9 heteroatoms. The van der Waals surface area contributed by atoms with Crippen molar-refractivity contribution in [2.45, 2.75) is 50.4 Å². The zero-order valence-corrected chi connectivity index (χ0v) is 16.9. The first-order chi connectivity index (χ1) is 13.0. The standard InChI is InChI=1S/C18H25N5O3S/c1-12-6-5-7-13(2)22(12)17(24)11-27-18-19-20-21-23(18)14-8-9-15(25-3)16(10-14)26-4/h8-10,12-13H,5-7,11H2,1-4H3. The van der Waals surface area contributed by atoms with Crippen LogP contribution in [0.4, 0.5) is 0 Å². The van der Waals surface area contributed by atoms with Crippen molar-refractivity contribution in [2.24, 2.45) is 0 Å². The van der Waals surface area contributed by atoms with Gasteiger partial charge in [0, 0.05) is 18.2 Å². The highest BCUT2D eigenvalue weighted by molar-refractivity contribution is 7.99. The van der Waals surface area contributed by atoms with E-state index in [1.165, 1.54) is 18.2 Å². The smallest absolute Gasteiger partial charge is 0.233 e. The molecule has 0 N–H and O–H groups in total. The summed E-state index contributed by atoms with van der Waals surface area (Å²) < 4.78 is 12.2. The van der Waals surface area contributed by atoms with Crippen LogP contribution < -0.4 is 9.47 Å². The molecule has 1 amide bonds. The fourth-order valence-electron chi connectivity index (χ4n) is 3.50. The van der Waals surface area contributed by atoms with Crippen LogP contribution in [0, 0.1) is 0 Å². The molecule has 2 unspecified atom stereocenters. The van der Waals surface area contributed by atoms with E-state index in [-0.39, 0.29) is 18.0 Å². The molecule has 27 heavy (non-hydrogen) atoms. The van der Waals surface area contributed by atoms with Crippen LogP contribution in [-0.4, -0.2) is 63.1 Å². The number of piperidine rings is 1. The molecule has 2 atom stereocenters. The van der Waals surface area contributed by atoms with Crippen molar-refractivity contribution >= 4 is 17.7 Å². The Morgan fingerprint density at radius 2 is 1.89 bits per heavy atom. The number of hydrogen-bond donors (Lipinski definition) is 0. The van der Waals surface area contributed by atoms with Crippen LogP contribution in [0.5, 0.6) is 11.5 Å². The number of aromatic nitrogens is 4. The van der Waals surface area contributed by atoms with Crippen molar-refractivity contribution < 1.29 is 14.3 Å². The number of carbonyl (C=O) groups excluding carboxylic acids is 1. The summed E-state index contributed by atoms with van der Waals surface area (Å²) in [5.41, 5.74) is 0.743. The Labute approximate surface area is 163 Å². The number of hydrogen-bond acceptors (Lipinski definition) is 7. The fraction of sp³-hybridized carbons (Fsp3) is 0.556. The van der Waals surface area contributed by atoms with Gasteiger partial charge in [0.15, 0.2) is 11.5 Å². The zero-order chi connectivity index (χ0) is 19.4. The third-order valence-electron chi connectivity index (χ3n) is 4.86.